The zero-order valence-electron chi connectivity index (χ0n) is 15.1. The van der Waals surface area contributed by atoms with E-state index < -0.39 is 0 Å². The SMILES string of the molecule is Cn1ccnc1SCc1ccc(C(=O)Nc2ccccc2Cn2cncn2)o1. The Morgan fingerprint density at radius 2 is 2.14 bits per heavy atom. The molecule has 0 unspecified atom stereocenters. The van der Waals surface area contributed by atoms with Gasteiger partial charge in [0.05, 0.1) is 12.3 Å². The first-order chi connectivity index (χ1) is 13.7. The van der Waals surface area contributed by atoms with Gasteiger partial charge in [0, 0.05) is 25.1 Å². The number of anilines is 1. The number of para-hydroxylation sites is 1. The summed E-state index contributed by atoms with van der Waals surface area (Å²) in [4.78, 5) is 20.8. The molecule has 28 heavy (non-hydrogen) atoms. The Labute approximate surface area is 165 Å². The van der Waals surface area contributed by atoms with Crippen LogP contribution in [0.2, 0.25) is 0 Å². The van der Waals surface area contributed by atoms with Crippen LogP contribution >= 0.6 is 11.8 Å². The number of nitrogens with one attached hydrogen (secondary N) is 1. The summed E-state index contributed by atoms with van der Waals surface area (Å²) in [6.45, 7) is 0.514. The highest BCUT2D eigenvalue weighted by Crippen LogP contribution is 2.23. The van der Waals surface area contributed by atoms with Gasteiger partial charge in [-0.2, -0.15) is 5.10 Å². The molecule has 0 fully saturated rings. The molecule has 9 heteroatoms. The van der Waals surface area contributed by atoms with Gasteiger partial charge in [-0.1, -0.05) is 30.0 Å². The van der Waals surface area contributed by atoms with E-state index >= 15 is 0 Å². The summed E-state index contributed by atoms with van der Waals surface area (Å²) in [5, 5.41) is 7.91. The minimum absolute atomic E-state index is 0.269. The lowest BCUT2D eigenvalue weighted by Gasteiger charge is -2.10. The lowest BCUT2D eigenvalue weighted by Crippen LogP contribution is -2.13. The van der Waals surface area contributed by atoms with Crippen LogP contribution in [0.4, 0.5) is 5.69 Å². The monoisotopic (exact) mass is 394 g/mol. The first-order valence-corrected chi connectivity index (χ1v) is 9.58. The van der Waals surface area contributed by atoms with Gasteiger partial charge in [-0.15, -0.1) is 0 Å². The molecular formula is C19H18N6O2S. The van der Waals surface area contributed by atoms with E-state index in [0.29, 0.717) is 23.7 Å². The smallest absolute Gasteiger partial charge is 0.291 e. The minimum atomic E-state index is -0.292. The number of hydrogen-bond donors (Lipinski definition) is 1. The largest absolute Gasteiger partial charge is 0.455 e. The highest BCUT2D eigenvalue weighted by atomic mass is 32.2. The van der Waals surface area contributed by atoms with Crippen LogP contribution in [0.15, 0.2) is 71.0 Å². The predicted octanol–water partition coefficient (Wildman–Crippen LogP) is 3.20. The molecule has 4 rings (SSSR count). The molecule has 0 aliphatic rings. The van der Waals surface area contributed by atoms with Crippen molar-refractivity contribution >= 4 is 23.4 Å². The topological polar surface area (TPSA) is 90.8 Å². The van der Waals surface area contributed by atoms with Crippen LogP contribution in [0.5, 0.6) is 0 Å². The van der Waals surface area contributed by atoms with Crippen LogP contribution < -0.4 is 5.32 Å². The predicted molar refractivity (Wildman–Crippen MR) is 105 cm³/mol. The molecule has 3 heterocycles. The summed E-state index contributed by atoms with van der Waals surface area (Å²) in [5.74, 6) is 1.29. The number of aromatic nitrogens is 5. The highest BCUT2D eigenvalue weighted by Gasteiger charge is 2.14. The van der Waals surface area contributed by atoms with Gasteiger partial charge in [0.1, 0.15) is 18.4 Å². The van der Waals surface area contributed by atoms with Crippen molar-refractivity contribution in [1.82, 2.24) is 24.3 Å². The Hall–Kier alpha value is -3.33. The highest BCUT2D eigenvalue weighted by molar-refractivity contribution is 7.98. The molecule has 0 radical (unpaired) electrons. The molecule has 4 aromatic rings. The molecule has 1 N–H and O–H groups in total. The summed E-state index contributed by atoms with van der Waals surface area (Å²) in [6, 6.07) is 11.1. The number of thioether (sulfide) groups is 1. The molecule has 0 aliphatic carbocycles. The van der Waals surface area contributed by atoms with Gasteiger partial charge in [0.15, 0.2) is 10.9 Å². The third-order valence-corrected chi connectivity index (χ3v) is 5.15. The van der Waals surface area contributed by atoms with E-state index in [1.165, 1.54) is 6.33 Å². The Bertz CT molecular complexity index is 1070. The van der Waals surface area contributed by atoms with E-state index in [2.05, 4.69) is 20.4 Å². The van der Waals surface area contributed by atoms with E-state index in [-0.39, 0.29) is 11.7 Å². The van der Waals surface area contributed by atoms with Crippen LogP contribution in [0.1, 0.15) is 21.9 Å². The lowest BCUT2D eigenvalue weighted by molar-refractivity contribution is 0.0995. The Morgan fingerprint density at radius 3 is 2.93 bits per heavy atom. The zero-order valence-corrected chi connectivity index (χ0v) is 16.0. The number of rotatable bonds is 7. The molecule has 0 bridgehead atoms. The van der Waals surface area contributed by atoms with Gasteiger partial charge in [-0.3, -0.25) is 4.79 Å². The fourth-order valence-electron chi connectivity index (χ4n) is 2.66. The van der Waals surface area contributed by atoms with E-state index in [1.54, 1.807) is 35.0 Å². The summed E-state index contributed by atoms with van der Waals surface area (Å²) in [7, 11) is 1.94. The van der Waals surface area contributed by atoms with Gasteiger partial charge >= 0.3 is 0 Å². The van der Waals surface area contributed by atoms with Crippen molar-refractivity contribution in [2.75, 3.05) is 5.32 Å². The summed E-state index contributed by atoms with van der Waals surface area (Å²) >= 11 is 1.55. The molecule has 8 nitrogen and oxygen atoms in total. The molecule has 1 amide bonds. The average molecular weight is 394 g/mol. The van der Waals surface area contributed by atoms with Crippen LogP contribution in [-0.2, 0) is 19.3 Å². The molecule has 3 aromatic heterocycles. The van der Waals surface area contributed by atoms with Crippen LogP contribution in [0, 0.1) is 0 Å². The fourth-order valence-corrected chi connectivity index (χ4v) is 3.48. The first kappa shape index (κ1) is 18.1. The number of amides is 1. The number of aryl methyl sites for hydroxylation is 1. The Kier molecular flexibility index (Phi) is 5.24. The van der Waals surface area contributed by atoms with E-state index in [0.717, 1.165) is 10.7 Å². The summed E-state index contributed by atoms with van der Waals surface area (Å²) < 4.78 is 9.34. The molecule has 1 aromatic carbocycles. The van der Waals surface area contributed by atoms with Gasteiger partial charge in [-0.05, 0) is 23.8 Å². The number of nitrogens with zero attached hydrogens (tertiary/aromatic N) is 5. The number of furan rings is 1. The van der Waals surface area contributed by atoms with Gasteiger partial charge in [0.2, 0.25) is 0 Å². The molecular weight excluding hydrogens is 376 g/mol. The van der Waals surface area contributed by atoms with Crippen molar-refractivity contribution in [1.29, 1.82) is 0 Å². The van der Waals surface area contributed by atoms with Crippen molar-refractivity contribution in [3.05, 3.63) is 78.5 Å². The maximum Gasteiger partial charge on any atom is 0.291 e. The lowest BCUT2D eigenvalue weighted by atomic mass is 10.1. The second-order valence-electron chi connectivity index (χ2n) is 6.08. The number of hydrogen-bond acceptors (Lipinski definition) is 6. The van der Waals surface area contributed by atoms with E-state index in [9.17, 15) is 4.79 Å². The van der Waals surface area contributed by atoms with Crippen LogP contribution in [0.3, 0.4) is 0 Å². The molecule has 0 spiro atoms. The third kappa shape index (κ3) is 4.15. The van der Waals surface area contributed by atoms with Gasteiger partial charge in [0.25, 0.3) is 5.91 Å². The van der Waals surface area contributed by atoms with E-state index in [1.807, 2.05) is 48.1 Å². The molecule has 142 valence electrons. The minimum Gasteiger partial charge on any atom is -0.455 e. The first-order valence-electron chi connectivity index (χ1n) is 8.59. The number of imidazole rings is 1. The molecule has 0 saturated carbocycles. The van der Waals surface area contributed by atoms with Crippen molar-refractivity contribution in [2.45, 2.75) is 17.5 Å². The second kappa shape index (κ2) is 8.13. The van der Waals surface area contributed by atoms with Gasteiger partial charge in [-0.25, -0.2) is 14.6 Å². The van der Waals surface area contributed by atoms with Crippen LogP contribution in [0.25, 0.3) is 0 Å². The summed E-state index contributed by atoms with van der Waals surface area (Å²) in [5.41, 5.74) is 1.64. The van der Waals surface area contributed by atoms with Crippen molar-refractivity contribution in [3.8, 4) is 0 Å². The van der Waals surface area contributed by atoms with Crippen molar-refractivity contribution in [3.63, 3.8) is 0 Å². The molecule has 0 saturated heterocycles. The molecule has 0 atom stereocenters. The summed E-state index contributed by atoms with van der Waals surface area (Å²) in [6.07, 6.45) is 6.76. The number of carbonyl (C=O) groups is 1. The Balaban J connectivity index is 1.42. The fraction of sp³-hybridized carbons (Fsp3) is 0.158. The standard InChI is InChI=1S/C19H18N6O2S/c1-24-9-8-21-19(24)28-11-15-6-7-17(27-15)18(26)23-16-5-3-2-4-14(16)10-25-13-20-12-22-25/h2-9,12-13H,10-11H2,1H3,(H,23,26). The van der Waals surface area contributed by atoms with E-state index in [4.69, 9.17) is 4.42 Å². The number of benzene rings is 1. The van der Waals surface area contributed by atoms with Crippen LogP contribution in [-0.4, -0.2) is 30.2 Å². The third-order valence-electron chi connectivity index (χ3n) is 4.07. The average Bonchev–Trinajstić information content (AvgIpc) is 3.44. The number of carbonyl (C=O) groups excluding carboxylic acids is 1. The maximum absolute atomic E-state index is 12.6. The maximum atomic E-state index is 12.6. The quantitative estimate of drug-likeness (QED) is 0.484. The van der Waals surface area contributed by atoms with Crippen molar-refractivity contribution < 1.29 is 9.21 Å². The normalized spacial score (nSPS) is 10.9. The Morgan fingerprint density at radius 1 is 1.25 bits per heavy atom. The molecule has 0 aliphatic heterocycles. The van der Waals surface area contributed by atoms with Crippen molar-refractivity contribution in [2.24, 2.45) is 7.05 Å². The second-order valence-corrected chi connectivity index (χ2v) is 7.02. The zero-order chi connectivity index (χ0) is 19.3. The van der Waals surface area contributed by atoms with Gasteiger partial charge < -0.3 is 14.3 Å².